The number of carbonyl (C=O) groups is 3. The van der Waals surface area contributed by atoms with E-state index in [0.29, 0.717) is 29.1 Å². The molecular formula is C26H32N2O6. The average Bonchev–Trinajstić information content (AvgIpc) is 3.23. The highest BCUT2D eigenvalue weighted by Crippen LogP contribution is 2.40. The second kappa shape index (κ2) is 10.3. The number of carbonyl (C=O) groups excluding carboxylic acids is 1. The van der Waals surface area contributed by atoms with Crippen LogP contribution in [0.4, 0.5) is 0 Å². The Morgan fingerprint density at radius 2 is 1.71 bits per heavy atom. The van der Waals surface area contributed by atoms with E-state index in [1.165, 1.54) is 6.08 Å². The molecule has 2 aliphatic rings. The van der Waals surface area contributed by atoms with Crippen LogP contribution in [0, 0.1) is 0 Å². The smallest absolute Gasteiger partial charge is 0.334 e. The number of nitrogens with one attached hydrogen (secondary N) is 1. The Morgan fingerprint density at radius 1 is 1.09 bits per heavy atom. The first-order valence-corrected chi connectivity index (χ1v) is 11.4. The quantitative estimate of drug-likeness (QED) is 0.411. The van der Waals surface area contributed by atoms with Crippen molar-refractivity contribution < 1.29 is 29.3 Å². The fraction of sp³-hybridized carbons (Fsp3) is 0.423. The largest absolute Gasteiger partial charge is 0.478 e. The van der Waals surface area contributed by atoms with Gasteiger partial charge in [-0.3, -0.25) is 4.90 Å². The van der Waals surface area contributed by atoms with Gasteiger partial charge in [-0.2, -0.15) is 0 Å². The summed E-state index contributed by atoms with van der Waals surface area (Å²) in [6.07, 6.45) is 4.91. The molecule has 2 aliphatic heterocycles. The molecular weight excluding hydrogens is 436 g/mol. The highest BCUT2D eigenvalue weighted by Gasteiger charge is 2.38. The lowest BCUT2D eigenvalue weighted by atomic mass is 9.78. The number of ether oxygens (including phenoxy) is 1. The third-order valence-corrected chi connectivity index (χ3v) is 5.80. The number of aliphatic carboxylic acids is 2. The van der Waals surface area contributed by atoms with Gasteiger partial charge in [0, 0.05) is 24.0 Å². The fourth-order valence-corrected chi connectivity index (χ4v) is 4.45. The van der Waals surface area contributed by atoms with Gasteiger partial charge in [0.15, 0.2) is 0 Å². The number of allylic oxidation sites excluding steroid dienone is 1. The van der Waals surface area contributed by atoms with Crippen LogP contribution < -0.4 is 5.32 Å². The maximum atomic E-state index is 12.5. The number of benzene rings is 1. The van der Waals surface area contributed by atoms with Crippen LogP contribution in [0.15, 0.2) is 52.9 Å². The molecule has 1 atom stereocenters. The zero-order valence-electron chi connectivity index (χ0n) is 20.1. The number of rotatable bonds is 7. The van der Waals surface area contributed by atoms with Gasteiger partial charge < -0.3 is 20.3 Å². The molecule has 182 valence electrons. The highest BCUT2D eigenvalue weighted by atomic mass is 16.6. The molecule has 8 heteroatoms. The van der Waals surface area contributed by atoms with Gasteiger partial charge in [0.25, 0.3) is 0 Å². The summed E-state index contributed by atoms with van der Waals surface area (Å²) in [5.41, 5.74) is 1.27. The molecule has 0 aromatic heterocycles. The van der Waals surface area contributed by atoms with Gasteiger partial charge in [0.2, 0.25) is 0 Å². The maximum Gasteiger partial charge on any atom is 0.334 e. The molecule has 0 amide bonds. The highest BCUT2D eigenvalue weighted by molar-refractivity contribution is 5.99. The number of hydrogen-bond donors (Lipinski definition) is 3. The van der Waals surface area contributed by atoms with Crippen molar-refractivity contribution in [3.63, 3.8) is 0 Å². The summed E-state index contributed by atoms with van der Waals surface area (Å²) in [6, 6.07) is 6.92. The second-order valence-electron chi connectivity index (χ2n) is 9.58. The van der Waals surface area contributed by atoms with E-state index in [0.717, 1.165) is 25.9 Å². The van der Waals surface area contributed by atoms with E-state index in [2.05, 4.69) is 10.2 Å². The lowest BCUT2D eigenvalue weighted by Crippen LogP contribution is -2.37. The lowest BCUT2D eigenvalue weighted by molar-refractivity contribution is -0.148. The Bertz CT molecular complexity index is 1070. The first-order chi connectivity index (χ1) is 16.0. The summed E-state index contributed by atoms with van der Waals surface area (Å²) in [4.78, 5) is 39.2. The Balaban J connectivity index is 2.10. The minimum atomic E-state index is -1.19. The van der Waals surface area contributed by atoms with E-state index < -0.39 is 29.4 Å². The molecule has 1 aromatic carbocycles. The van der Waals surface area contributed by atoms with Crippen molar-refractivity contribution in [2.45, 2.75) is 52.1 Å². The second-order valence-corrected chi connectivity index (χ2v) is 9.58. The number of carboxylic acid groups (broad SMARTS) is 2. The van der Waals surface area contributed by atoms with Crippen LogP contribution in [0.3, 0.4) is 0 Å². The molecule has 1 fully saturated rings. The Labute approximate surface area is 199 Å². The standard InChI is InChI=1S/C26H32N2O6/c1-16-21(24(30)31)22(23(25(32)33)19(27-16)15-28-13-7-8-14-28)18-10-6-5-9-17(18)11-12-20(29)34-26(2,3)4/h5-6,9-12,22,27H,7-8,13-15H2,1-4H3,(H,30,31)(H,32,33)/b12-11+. The molecule has 0 saturated carbocycles. The van der Waals surface area contributed by atoms with E-state index in [4.69, 9.17) is 4.74 Å². The van der Waals surface area contributed by atoms with Gasteiger partial charge >= 0.3 is 17.9 Å². The lowest BCUT2D eigenvalue weighted by Gasteiger charge is -2.32. The third kappa shape index (κ3) is 5.94. The fourth-order valence-electron chi connectivity index (χ4n) is 4.45. The Kier molecular flexibility index (Phi) is 7.61. The molecule has 0 radical (unpaired) electrons. The summed E-state index contributed by atoms with van der Waals surface area (Å²) >= 11 is 0. The molecule has 1 aromatic rings. The van der Waals surface area contributed by atoms with Gasteiger partial charge in [-0.25, -0.2) is 14.4 Å². The zero-order valence-corrected chi connectivity index (χ0v) is 20.1. The molecule has 1 unspecified atom stereocenters. The van der Waals surface area contributed by atoms with E-state index in [1.54, 1.807) is 58.0 Å². The Hall–Kier alpha value is -3.39. The molecule has 3 rings (SSSR count). The average molecular weight is 469 g/mol. The predicted octanol–water partition coefficient (Wildman–Crippen LogP) is 3.52. The molecule has 1 saturated heterocycles. The molecule has 34 heavy (non-hydrogen) atoms. The number of hydrogen-bond acceptors (Lipinski definition) is 6. The topological polar surface area (TPSA) is 116 Å². The number of carboxylic acids is 2. The van der Waals surface area contributed by atoms with Gasteiger partial charge in [-0.1, -0.05) is 24.3 Å². The van der Waals surface area contributed by atoms with Crippen LogP contribution in [0.1, 0.15) is 57.6 Å². The van der Waals surface area contributed by atoms with Crippen LogP contribution in [0.5, 0.6) is 0 Å². The SMILES string of the molecule is CC1=C(C(=O)O)C(c2ccccc2/C=C/C(=O)OC(C)(C)C)C(C(=O)O)=C(CN2CCCC2)N1. The number of likely N-dealkylation sites (tertiary alicyclic amines) is 1. The van der Waals surface area contributed by atoms with Crippen LogP contribution in [0.2, 0.25) is 0 Å². The summed E-state index contributed by atoms with van der Waals surface area (Å²) < 4.78 is 5.32. The van der Waals surface area contributed by atoms with Crippen molar-refractivity contribution in [1.29, 1.82) is 0 Å². The number of dihydropyridines is 1. The summed E-state index contributed by atoms with van der Waals surface area (Å²) in [5, 5.41) is 23.3. The molecule has 0 bridgehead atoms. The third-order valence-electron chi connectivity index (χ3n) is 5.80. The van der Waals surface area contributed by atoms with E-state index >= 15 is 0 Å². The van der Waals surface area contributed by atoms with Crippen LogP contribution in [0.25, 0.3) is 6.08 Å². The summed E-state index contributed by atoms with van der Waals surface area (Å²) in [5.74, 6) is -3.92. The van der Waals surface area contributed by atoms with E-state index in [1.807, 2.05) is 0 Å². The molecule has 3 N–H and O–H groups in total. The summed E-state index contributed by atoms with van der Waals surface area (Å²) in [6.45, 7) is 9.08. The predicted molar refractivity (Wildman–Crippen MR) is 128 cm³/mol. The first kappa shape index (κ1) is 25.2. The summed E-state index contributed by atoms with van der Waals surface area (Å²) in [7, 11) is 0. The van der Waals surface area contributed by atoms with Gasteiger partial charge in [-0.15, -0.1) is 0 Å². The van der Waals surface area contributed by atoms with Crippen molar-refractivity contribution in [2.75, 3.05) is 19.6 Å². The van der Waals surface area contributed by atoms with E-state index in [9.17, 15) is 24.6 Å². The molecule has 8 nitrogen and oxygen atoms in total. The first-order valence-electron chi connectivity index (χ1n) is 11.4. The van der Waals surface area contributed by atoms with Crippen LogP contribution >= 0.6 is 0 Å². The number of esters is 1. The Morgan fingerprint density at radius 3 is 2.29 bits per heavy atom. The minimum Gasteiger partial charge on any atom is -0.478 e. The normalized spacial score (nSPS) is 19.5. The van der Waals surface area contributed by atoms with Crippen molar-refractivity contribution in [3.8, 4) is 0 Å². The maximum absolute atomic E-state index is 12.5. The monoisotopic (exact) mass is 468 g/mol. The van der Waals surface area contributed by atoms with Gasteiger partial charge in [0.1, 0.15) is 5.60 Å². The van der Waals surface area contributed by atoms with Crippen LogP contribution in [-0.4, -0.2) is 58.3 Å². The van der Waals surface area contributed by atoms with Crippen molar-refractivity contribution >= 4 is 24.0 Å². The minimum absolute atomic E-state index is 0.00742. The van der Waals surface area contributed by atoms with Crippen molar-refractivity contribution in [1.82, 2.24) is 10.2 Å². The van der Waals surface area contributed by atoms with Crippen molar-refractivity contribution in [2.24, 2.45) is 0 Å². The molecule has 0 aliphatic carbocycles. The zero-order chi connectivity index (χ0) is 25.0. The van der Waals surface area contributed by atoms with Crippen molar-refractivity contribution in [3.05, 3.63) is 64.0 Å². The van der Waals surface area contributed by atoms with Crippen LogP contribution in [-0.2, 0) is 19.1 Å². The number of nitrogens with zero attached hydrogens (tertiary/aromatic N) is 1. The van der Waals surface area contributed by atoms with Gasteiger partial charge in [-0.05, 0) is 70.8 Å². The van der Waals surface area contributed by atoms with E-state index in [-0.39, 0.29) is 11.1 Å². The molecule has 2 heterocycles. The molecule has 0 spiro atoms. The van der Waals surface area contributed by atoms with Gasteiger partial charge in [0.05, 0.1) is 17.1 Å².